The fourth-order valence-corrected chi connectivity index (χ4v) is 4.83. The van der Waals surface area contributed by atoms with Crippen LogP contribution in [-0.2, 0) is 6.54 Å². The molecular formula is C31H27N3O5. The molecule has 2 aromatic heterocycles. The van der Waals surface area contributed by atoms with Gasteiger partial charge in [-0.05, 0) is 86.5 Å². The summed E-state index contributed by atoms with van der Waals surface area (Å²) in [7, 11) is 0. The van der Waals surface area contributed by atoms with E-state index >= 15 is 0 Å². The van der Waals surface area contributed by atoms with E-state index in [0.717, 1.165) is 11.1 Å². The first-order valence-corrected chi connectivity index (χ1v) is 12.7. The molecule has 1 aliphatic heterocycles. The van der Waals surface area contributed by atoms with Gasteiger partial charge in [-0.3, -0.25) is 14.2 Å². The Kier molecular flexibility index (Phi) is 6.15. The van der Waals surface area contributed by atoms with Crippen molar-refractivity contribution in [2.75, 3.05) is 6.79 Å². The number of hydrogen-bond donors (Lipinski definition) is 0. The summed E-state index contributed by atoms with van der Waals surface area (Å²) in [6.45, 7) is 6.20. The van der Waals surface area contributed by atoms with E-state index in [2.05, 4.69) is 0 Å². The predicted octanol–water partition coefficient (Wildman–Crippen LogP) is 5.73. The van der Waals surface area contributed by atoms with E-state index in [1.54, 1.807) is 46.1 Å². The normalized spacial score (nSPS) is 13.0. The minimum Gasteiger partial charge on any atom is -0.467 e. The van der Waals surface area contributed by atoms with E-state index in [1.165, 1.54) is 0 Å². The van der Waals surface area contributed by atoms with Crippen molar-refractivity contribution in [2.45, 2.75) is 33.4 Å². The fraction of sp³-hybridized carbons (Fsp3) is 0.194. The summed E-state index contributed by atoms with van der Waals surface area (Å²) in [5.41, 5.74) is 3.66. The highest BCUT2D eigenvalue weighted by atomic mass is 16.7. The van der Waals surface area contributed by atoms with Gasteiger partial charge in [-0.25, -0.2) is 4.98 Å². The van der Waals surface area contributed by atoms with Crippen LogP contribution in [0.25, 0.3) is 16.6 Å². The Labute approximate surface area is 225 Å². The van der Waals surface area contributed by atoms with Gasteiger partial charge in [0.1, 0.15) is 11.6 Å². The molecule has 1 amide bonds. The van der Waals surface area contributed by atoms with Crippen molar-refractivity contribution in [3.8, 4) is 17.2 Å². The van der Waals surface area contributed by atoms with Crippen LogP contribution in [-0.4, -0.2) is 27.2 Å². The molecular weight excluding hydrogens is 494 g/mol. The van der Waals surface area contributed by atoms with Crippen LogP contribution in [0.3, 0.4) is 0 Å². The molecule has 0 spiro atoms. The van der Waals surface area contributed by atoms with Crippen LogP contribution in [0.1, 0.15) is 46.0 Å². The van der Waals surface area contributed by atoms with Crippen LogP contribution < -0.4 is 15.0 Å². The van der Waals surface area contributed by atoms with Gasteiger partial charge in [0.05, 0.1) is 35.4 Å². The summed E-state index contributed by atoms with van der Waals surface area (Å²) in [5, 5.41) is 0.506. The van der Waals surface area contributed by atoms with Gasteiger partial charge < -0.3 is 18.8 Å². The number of benzene rings is 3. The molecule has 0 N–H and O–H groups in total. The molecule has 8 heteroatoms. The van der Waals surface area contributed by atoms with Crippen molar-refractivity contribution >= 4 is 16.8 Å². The number of aromatic nitrogens is 2. The zero-order valence-electron chi connectivity index (χ0n) is 21.9. The molecule has 0 saturated heterocycles. The molecule has 1 unspecified atom stereocenters. The van der Waals surface area contributed by atoms with E-state index in [1.807, 2.05) is 63.2 Å². The van der Waals surface area contributed by atoms with Gasteiger partial charge in [0.2, 0.25) is 6.79 Å². The standard InChI is InChI=1S/C31H27N3O5/c1-19-10-12-23(15-20(19)2)34-29(32-26-9-5-4-8-25(26)31(34)36)21(3)33(17-24-7-6-14-37-24)30(35)22-11-13-27-28(16-22)39-18-38-27/h4-16,21H,17-18H2,1-3H3. The number of para-hydroxylation sites is 1. The van der Waals surface area contributed by atoms with E-state index in [9.17, 15) is 9.59 Å². The van der Waals surface area contributed by atoms with E-state index < -0.39 is 6.04 Å². The average molecular weight is 522 g/mol. The monoisotopic (exact) mass is 521 g/mol. The molecule has 0 aliphatic carbocycles. The lowest BCUT2D eigenvalue weighted by atomic mass is 10.1. The zero-order valence-corrected chi connectivity index (χ0v) is 21.9. The molecule has 6 rings (SSSR count). The van der Waals surface area contributed by atoms with Crippen molar-refractivity contribution in [2.24, 2.45) is 0 Å². The molecule has 0 fully saturated rings. The zero-order chi connectivity index (χ0) is 27.1. The highest BCUT2D eigenvalue weighted by molar-refractivity contribution is 5.95. The lowest BCUT2D eigenvalue weighted by Crippen LogP contribution is -2.37. The van der Waals surface area contributed by atoms with Gasteiger partial charge in [0, 0.05) is 5.56 Å². The van der Waals surface area contributed by atoms with E-state index in [-0.39, 0.29) is 24.8 Å². The van der Waals surface area contributed by atoms with Crippen LogP contribution in [0.15, 0.2) is 88.3 Å². The Morgan fingerprint density at radius 1 is 0.974 bits per heavy atom. The van der Waals surface area contributed by atoms with Crippen LogP contribution in [0.4, 0.5) is 0 Å². The van der Waals surface area contributed by atoms with Crippen LogP contribution in [0.2, 0.25) is 0 Å². The molecule has 8 nitrogen and oxygen atoms in total. The maximum atomic E-state index is 14.1. The van der Waals surface area contributed by atoms with Crippen molar-refractivity contribution in [3.63, 3.8) is 0 Å². The number of hydrogen-bond acceptors (Lipinski definition) is 6. The number of carbonyl (C=O) groups is 1. The number of carbonyl (C=O) groups excluding carboxylic acids is 1. The van der Waals surface area contributed by atoms with E-state index in [4.69, 9.17) is 18.9 Å². The highest BCUT2D eigenvalue weighted by Gasteiger charge is 2.29. The smallest absolute Gasteiger partial charge is 0.266 e. The van der Waals surface area contributed by atoms with Crippen molar-refractivity contribution < 1.29 is 18.7 Å². The summed E-state index contributed by atoms with van der Waals surface area (Å²) < 4.78 is 18.2. The van der Waals surface area contributed by atoms with Crippen molar-refractivity contribution in [1.29, 1.82) is 0 Å². The molecule has 0 bridgehead atoms. The summed E-state index contributed by atoms with van der Waals surface area (Å²) in [6.07, 6.45) is 1.57. The molecule has 196 valence electrons. The number of nitrogens with zero attached hydrogens (tertiary/aromatic N) is 3. The molecule has 1 aliphatic rings. The van der Waals surface area contributed by atoms with Crippen molar-refractivity contribution in [1.82, 2.24) is 14.5 Å². The summed E-state index contributed by atoms with van der Waals surface area (Å²) in [5.74, 6) is 1.91. The second-order valence-electron chi connectivity index (χ2n) is 9.65. The third-order valence-corrected chi connectivity index (χ3v) is 7.18. The molecule has 3 aromatic carbocycles. The molecule has 0 radical (unpaired) electrons. The second-order valence-corrected chi connectivity index (χ2v) is 9.65. The number of rotatable bonds is 6. The maximum Gasteiger partial charge on any atom is 0.266 e. The number of aryl methyl sites for hydroxylation is 2. The molecule has 0 saturated carbocycles. The van der Waals surface area contributed by atoms with Gasteiger partial charge in [0.15, 0.2) is 11.5 Å². The molecule has 5 aromatic rings. The van der Waals surface area contributed by atoms with Gasteiger partial charge in [-0.15, -0.1) is 0 Å². The largest absolute Gasteiger partial charge is 0.467 e. The summed E-state index contributed by atoms with van der Waals surface area (Å²) >= 11 is 0. The van der Waals surface area contributed by atoms with E-state index in [0.29, 0.717) is 45.2 Å². The third kappa shape index (κ3) is 4.44. The average Bonchev–Trinajstić information content (AvgIpc) is 3.64. The lowest BCUT2D eigenvalue weighted by Gasteiger charge is -2.30. The first-order chi connectivity index (χ1) is 18.9. The molecule has 1 atom stereocenters. The van der Waals surface area contributed by atoms with Gasteiger partial charge >= 0.3 is 0 Å². The first-order valence-electron chi connectivity index (χ1n) is 12.7. The minimum absolute atomic E-state index is 0.114. The minimum atomic E-state index is -0.605. The third-order valence-electron chi connectivity index (χ3n) is 7.18. The summed E-state index contributed by atoms with van der Waals surface area (Å²) in [4.78, 5) is 34.6. The SMILES string of the molecule is Cc1ccc(-n2c(C(C)N(Cc3ccco3)C(=O)c3ccc4c(c3)OCO4)nc3ccccc3c2=O)cc1C. The first kappa shape index (κ1) is 24.5. The van der Waals surface area contributed by atoms with Crippen LogP contribution in [0, 0.1) is 13.8 Å². The quantitative estimate of drug-likeness (QED) is 0.284. The Morgan fingerprint density at radius 3 is 2.59 bits per heavy atom. The van der Waals surface area contributed by atoms with Crippen molar-refractivity contribution in [3.05, 3.63) is 118 Å². The molecule has 39 heavy (non-hydrogen) atoms. The Bertz CT molecular complexity index is 1760. The Morgan fingerprint density at radius 2 is 1.79 bits per heavy atom. The predicted molar refractivity (Wildman–Crippen MR) is 146 cm³/mol. The number of furan rings is 1. The fourth-order valence-electron chi connectivity index (χ4n) is 4.83. The number of amides is 1. The second kappa shape index (κ2) is 9.79. The lowest BCUT2D eigenvalue weighted by molar-refractivity contribution is 0.0648. The van der Waals surface area contributed by atoms with Crippen LogP contribution in [0.5, 0.6) is 11.5 Å². The Hall–Kier alpha value is -4.85. The maximum absolute atomic E-state index is 14.1. The van der Waals surface area contributed by atoms with Gasteiger partial charge in [-0.2, -0.15) is 0 Å². The van der Waals surface area contributed by atoms with Gasteiger partial charge in [0.25, 0.3) is 11.5 Å². The summed E-state index contributed by atoms with van der Waals surface area (Å²) in [6, 6.07) is 21.2. The number of ether oxygens (including phenoxy) is 2. The topological polar surface area (TPSA) is 86.8 Å². The van der Waals surface area contributed by atoms with Gasteiger partial charge in [-0.1, -0.05) is 18.2 Å². The number of fused-ring (bicyclic) bond motifs is 2. The van der Waals surface area contributed by atoms with Crippen LogP contribution >= 0.6 is 0 Å². The highest BCUT2D eigenvalue weighted by Crippen LogP contribution is 2.34. The Balaban J connectivity index is 1.52. The molecule has 3 heterocycles.